The van der Waals surface area contributed by atoms with E-state index < -0.39 is 5.91 Å². The Kier molecular flexibility index (Phi) is 3.47. The normalized spacial score (nSPS) is 14.0. The number of hydrogen-bond acceptors (Lipinski definition) is 4. The number of methoxy groups -OCH3 is 1. The third-order valence-corrected chi connectivity index (χ3v) is 3.79. The van der Waals surface area contributed by atoms with Crippen molar-refractivity contribution in [1.29, 1.82) is 0 Å². The average molecular weight is 307 g/mol. The molecule has 0 radical (unpaired) electrons. The first-order valence-corrected chi connectivity index (χ1v) is 6.96. The number of ether oxygens (including phenoxy) is 1. The highest BCUT2D eigenvalue weighted by Crippen LogP contribution is 2.42. The van der Waals surface area contributed by atoms with Crippen LogP contribution in [-0.4, -0.2) is 23.2 Å². The minimum absolute atomic E-state index is 0.191. The van der Waals surface area contributed by atoms with Gasteiger partial charge in [-0.15, -0.1) is 0 Å². The van der Waals surface area contributed by atoms with E-state index >= 15 is 0 Å². The number of aromatic amines is 1. The minimum Gasteiger partial charge on any atom is -0.497 e. The lowest BCUT2D eigenvalue weighted by atomic mass is 10.2. The van der Waals surface area contributed by atoms with Gasteiger partial charge in [0.05, 0.1) is 29.2 Å². The zero-order chi connectivity index (χ0) is 15.0. The van der Waals surface area contributed by atoms with Crippen LogP contribution in [0.5, 0.6) is 5.75 Å². The second-order valence-electron chi connectivity index (χ2n) is 4.97. The van der Waals surface area contributed by atoms with E-state index in [1.807, 2.05) is 0 Å². The number of carbonyl (C=O) groups excluding carboxylic acids is 1. The SMILES string of the molecule is COc1ccc(Cl)c(NC(=O)c2n[nH]c(C3CC3)c2N)c1. The van der Waals surface area contributed by atoms with Crippen LogP contribution in [0.3, 0.4) is 0 Å². The molecule has 0 atom stereocenters. The first kappa shape index (κ1) is 13.8. The summed E-state index contributed by atoms with van der Waals surface area (Å²) in [6.07, 6.45) is 2.16. The maximum Gasteiger partial charge on any atom is 0.278 e. The molecular formula is C14H15ClN4O2. The summed E-state index contributed by atoms with van der Waals surface area (Å²) in [7, 11) is 1.54. The van der Waals surface area contributed by atoms with E-state index in [0.29, 0.717) is 28.1 Å². The molecule has 0 unspecified atom stereocenters. The number of nitrogens with zero attached hydrogens (tertiary/aromatic N) is 1. The quantitative estimate of drug-likeness (QED) is 0.809. The predicted molar refractivity (Wildman–Crippen MR) is 80.9 cm³/mol. The van der Waals surface area contributed by atoms with Gasteiger partial charge in [0.15, 0.2) is 5.69 Å². The van der Waals surface area contributed by atoms with Gasteiger partial charge in [-0.1, -0.05) is 11.6 Å². The lowest BCUT2D eigenvalue weighted by Gasteiger charge is -2.08. The van der Waals surface area contributed by atoms with E-state index in [2.05, 4.69) is 15.5 Å². The summed E-state index contributed by atoms with van der Waals surface area (Å²) >= 11 is 6.06. The number of anilines is 2. The molecule has 0 bridgehead atoms. The second-order valence-corrected chi connectivity index (χ2v) is 5.38. The Morgan fingerprint density at radius 3 is 2.95 bits per heavy atom. The number of amides is 1. The van der Waals surface area contributed by atoms with Gasteiger partial charge in [-0.25, -0.2) is 0 Å². The number of hydrogen-bond donors (Lipinski definition) is 3. The topological polar surface area (TPSA) is 93.0 Å². The number of aromatic nitrogens is 2. The average Bonchev–Trinajstić information content (AvgIpc) is 3.24. The molecule has 1 aromatic carbocycles. The number of carbonyl (C=O) groups is 1. The Morgan fingerprint density at radius 2 is 2.29 bits per heavy atom. The van der Waals surface area contributed by atoms with Crippen molar-refractivity contribution in [2.75, 3.05) is 18.2 Å². The van der Waals surface area contributed by atoms with Crippen molar-refractivity contribution in [1.82, 2.24) is 10.2 Å². The molecule has 1 aliphatic rings. The van der Waals surface area contributed by atoms with Crippen LogP contribution < -0.4 is 15.8 Å². The van der Waals surface area contributed by atoms with E-state index in [9.17, 15) is 4.79 Å². The van der Waals surface area contributed by atoms with Crippen molar-refractivity contribution >= 4 is 28.9 Å². The summed E-state index contributed by atoms with van der Waals surface area (Å²) in [6.45, 7) is 0. The van der Waals surface area contributed by atoms with Crippen molar-refractivity contribution in [2.45, 2.75) is 18.8 Å². The van der Waals surface area contributed by atoms with Crippen molar-refractivity contribution in [3.63, 3.8) is 0 Å². The van der Waals surface area contributed by atoms with Gasteiger partial charge in [-0.3, -0.25) is 9.89 Å². The Bertz CT molecular complexity index is 694. The molecule has 0 saturated heterocycles. The smallest absolute Gasteiger partial charge is 0.278 e. The van der Waals surface area contributed by atoms with E-state index in [1.54, 1.807) is 25.3 Å². The summed E-state index contributed by atoms with van der Waals surface area (Å²) in [5.74, 6) is 0.605. The molecule has 1 heterocycles. The van der Waals surface area contributed by atoms with Crippen molar-refractivity contribution in [3.05, 3.63) is 34.6 Å². The van der Waals surface area contributed by atoms with Gasteiger partial charge >= 0.3 is 0 Å². The van der Waals surface area contributed by atoms with E-state index in [-0.39, 0.29) is 5.69 Å². The zero-order valence-corrected chi connectivity index (χ0v) is 12.2. The van der Waals surface area contributed by atoms with E-state index in [1.165, 1.54) is 0 Å². The molecule has 1 fully saturated rings. The van der Waals surface area contributed by atoms with Crippen molar-refractivity contribution in [3.8, 4) is 5.75 Å². The number of nitrogens with two attached hydrogens (primary N) is 1. The van der Waals surface area contributed by atoms with Crippen molar-refractivity contribution < 1.29 is 9.53 Å². The Labute approximate surface area is 126 Å². The Hall–Kier alpha value is -2.21. The predicted octanol–water partition coefficient (Wildman–Crippen LogP) is 2.78. The molecule has 4 N–H and O–H groups in total. The lowest BCUT2D eigenvalue weighted by molar-refractivity contribution is 0.102. The molecule has 7 heteroatoms. The highest BCUT2D eigenvalue weighted by Gasteiger charge is 2.30. The summed E-state index contributed by atoms with van der Waals surface area (Å²) in [6, 6.07) is 5.01. The summed E-state index contributed by atoms with van der Waals surface area (Å²) in [4.78, 5) is 12.3. The van der Waals surface area contributed by atoms with Crippen LogP contribution in [-0.2, 0) is 0 Å². The van der Waals surface area contributed by atoms with Crippen LogP contribution >= 0.6 is 11.6 Å². The molecular weight excluding hydrogens is 292 g/mol. The fraction of sp³-hybridized carbons (Fsp3) is 0.286. The molecule has 6 nitrogen and oxygen atoms in total. The number of nitrogen functional groups attached to an aromatic ring is 1. The Balaban J connectivity index is 1.83. The fourth-order valence-electron chi connectivity index (χ4n) is 2.13. The van der Waals surface area contributed by atoms with Gasteiger partial charge in [-0.2, -0.15) is 5.10 Å². The highest BCUT2D eigenvalue weighted by atomic mass is 35.5. The molecule has 110 valence electrons. The largest absolute Gasteiger partial charge is 0.497 e. The Morgan fingerprint density at radius 1 is 1.52 bits per heavy atom. The zero-order valence-electron chi connectivity index (χ0n) is 11.4. The molecule has 1 aromatic heterocycles. The number of nitrogens with one attached hydrogen (secondary N) is 2. The fourth-order valence-corrected chi connectivity index (χ4v) is 2.29. The van der Waals surface area contributed by atoms with Crippen LogP contribution in [0.25, 0.3) is 0 Å². The van der Waals surface area contributed by atoms with Crippen LogP contribution in [0.2, 0.25) is 5.02 Å². The molecule has 1 saturated carbocycles. The molecule has 1 amide bonds. The first-order valence-electron chi connectivity index (χ1n) is 6.58. The standard InChI is InChI=1S/C14H15ClN4O2/c1-21-8-4-5-9(15)10(6-8)17-14(20)13-11(16)12(18-19-13)7-2-3-7/h4-7H,2-3,16H2,1H3,(H,17,20)(H,18,19). The summed E-state index contributed by atoms with van der Waals surface area (Å²) < 4.78 is 5.11. The lowest BCUT2D eigenvalue weighted by Crippen LogP contribution is -2.14. The van der Waals surface area contributed by atoms with Crippen LogP contribution in [0.15, 0.2) is 18.2 Å². The third kappa shape index (κ3) is 2.67. The molecule has 1 aliphatic carbocycles. The van der Waals surface area contributed by atoms with Gasteiger partial charge in [0, 0.05) is 12.0 Å². The van der Waals surface area contributed by atoms with Crippen LogP contribution in [0, 0.1) is 0 Å². The highest BCUT2D eigenvalue weighted by molar-refractivity contribution is 6.34. The number of benzene rings is 1. The van der Waals surface area contributed by atoms with Gasteiger partial charge in [0.1, 0.15) is 5.75 Å². The van der Waals surface area contributed by atoms with Crippen LogP contribution in [0.1, 0.15) is 34.9 Å². The maximum absolute atomic E-state index is 12.3. The number of halogens is 1. The van der Waals surface area contributed by atoms with Gasteiger partial charge in [0.25, 0.3) is 5.91 Å². The summed E-state index contributed by atoms with van der Waals surface area (Å²) in [5, 5.41) is 9.97. The second kappa shape index (κ2) is 5.29. The van der Waals surface area contributed by atoms with Crippen LogP contribution in [0.4, 0.5) is 11.4 Å². The van der Waals surface area contributed by atoms with Crippen molar-refractivity contribution in [2.24, 2.45) is 0 Å². The summed E-state index contributed by atoms with van der Waals surface area (Å²) in [5.41, 5.74) is 7.88. The van der Waals surface area contributed by atoms with Gasteiger partial charge in [0.2, 0.25) is 0 Å². The van der Waals surface area contributed by atoms with E-state index in [0.717, 1.165) is 18.5 Å². The molecule has 3 rings (SSSR count). The van der Waals surface area contributed by atoms with Gasteiger partial charge in [-0.05, 0) is 25.0 Å². The molecule has 2 aromatic rings. The molecule has 21 heavy (non-hydrogen) atoms. The number of rotatable bonds is 4. The first-order chi connectivity index (χ1) is 10.1. The minimum atomic E-state index is -0.397. The molecule has 0 aliphatic heterocycles. The monoisotopic (exact) mass is 306 g/mol. The van der Waals surface area contributed by atoms with E-state index in [4.69, 9.17) is 22.1 Å². The number of H-pyrrole nitrogens is 1. The van der Waals surface area contributed by atoms with Gasteiger partial charge < -0.3 is 15.8 Å². The third-order valence-electron chi connectivity index (χ3n) is 3.46. The molecule has 0 spiro atoms. The maximum atomic E-state index is 12.3.